The molecule has 1 atom stereocenters. The molecule has 1 heterocycles. The number of nitrogens with one attached hydrogen (secondary N) is 1. The number of carbonyl (C=O) groups excluding carboxylic acids is 1. The molecule has 8 heteroatoms. The molecule has 1 aliphatic heterocycles. The van der Waals surface area contributed by atoms with Crippen LogP contribution in [-0.2, 0) is 26.1 Å². The highest BCUT2D eigenvalue weighted by Crippen LogP contribution is 2.26. The summed E-state index contributed by atoms with van der Waals surface area (Å²) in [5.41, 5.74) is 1.45. The number of methoxy groups -OCH3 is 1. The molecule has 1 fully saturated rings. The van der Waals surface area contributed by atoms with Gasteiger partial charge in [0.2, 0.25) is 15.9 Å². The summed E-state index contributed by atoms with van der Waals surface area (Å²) in [5.74, 6) is 0.229. The molecule has 0 bridgehead atoms. The molecule has 0 aliphatic carbocycles. The monoisotopic (exact) mass is 468 g/mol. The third-order valence-electron chi connectivity index (χ3n) is 5.98. The van der Waals surface area contributed by atoms with Crippen LogP contribution in [0.15, 0.2) is 65.6 Å². The summed E-state index contributed by atoms with van der Waals surface area (Å²) in [6.45, 7) is 3.40. The van der Waals surface area contributed by atoms with E-state index in [2.05, 4.69) is 5.32 Å². The molecular weight excluding hydrogens is 440 g/mol. The van der Waals surface area contributed by atoms with Crippen molar-refractivity contribution in [3.05, 3.63) is 71.8 Å². The Balaban J connectivity index is 1.48. The highest BCUT2D eigenvalue weighted by Gasteiger charge is 2.28. The minimum atomic E-state index is -3.65. The summed E-state index contributed by atoms with van der Waals surface area (Å²) in [6, 6.07) is 18.5. The minimum absolute atomic E-state index is 0.133. The van der Waals surface area contributed by atoms with Gasteiger partial charge in [-0.1, -0.05) is 42.5 Å². The molecule has 1 N–H and O–H groups in total. The second kappa shape index (κ2) is 9.91. The highest BCUT2D eigenvalue weighted by molar-refractivity contribution is 7.89. The van der Waals surface area contributed by atoms with E-state index in [9.17, 15) is 13.2 Å². The Labute approximate surface area is 194 Å². The summed E-state index contributed by atoms with van der Waals surface area (Å²) in [5, 5.41) is 4.97. The van der Waals surface area contributed by atoms with Crippen LogP contribution in [0.25, 0.3) is 10.8 Å². The smallest absolute Gasteiger partial charge is 0.243 e. The summed E-state index contributed by atoms with van der Waals surface area (Å²) < 4.78 is 38.2. The van der Waals surface area contributed by atoms with Crippen molar-refractivity contribution in [2.24, 2.45) is 0 Å². The number of sulfonamides is 1. The zero-order valence-electron chi connectivity index (χ0n) is 18.8. The molecule has 0 aromatic heterocycles. The first kappa shape index (κ1) is 23.2. The third kappa shape index (κ3) is 5.03. The molecule has 0 saturated carbocycles. The minimum Gasteiger partial charge on any atom is -0.497 e. The topological polar surface area (TPSA) is 84.9 Å². The van der Waals surface area contributed by atoms with Crippen molar-refractivity contribution in [2.45, 2.75) is 24.3 Å². The van der Waals surface area contributed by atoms with E-state index in [1.807, 2.05) is 43.3 Å². The first-order valence-corrected chi connectivity index (χ1v) is 12.4. The average molecular weight is 469 g/mol. The Kier molecular flexibility index (Phi) is 6.97. The normalized spacial score (nSPS) is 15.8. The number of nitrogens with zero attached hydrogens (tertiary/aromatic N) is 1. The number of fused-ring (bicyclic) bond motifs is 1. The lowest BCUT2D eigenvalue weighted by Crippen LogP contribution is -2.41. The lowest BCUT2D eigenvalue weighted by Gasteiger charge is -2.27. The SMILES string of the molecule is COc1ccc2cc([C@H](C)C(=O)NCc3ccccc3S(=O)(=O)N3CCOCC3)ccc2c1. The first-order valence-electron chi connectivity index (χ1n) is 10.9. The molecule has 0 spiro atoms. The van der Waals surface area contributed by atoms with Gasteiger partial charge < -0.3 is 14.8 Å². The quantitative estimate of drug-likeness (QED) is 0.575. The summed E-state index contributed by atoms with van der Waals surface area (Å²) in [7, 11) is -2.02. The predicted molar refractivity (Wildman–Crippen MR) is 127 cm³/mol. The fourth-order valence-electron chi connectivity index (χ4n) is 3.95. The Bertz CT molecular complexity index is 1250. The summed E-state index contributed by atoms with van der Waals surface area (Å²) in [4.78, 5) is 13.1. The predicted octanol–water partition coefficient (Wildman–Crippen LogP) is 3.29. The highest BCUT2D eigenvalue weighted by atomic mass is 32.2. The fourth-order valence-corrected chi connectivity index (χ4v) is 5.58. The molecule has 1 saturated heterocycles. The molecule has 7 nitrogen and oxygen atoms in total. The number of amides is 1. The van der Waals surface area contributed by atoms with Gasteiger partial charge in [0, 0.05) is 19.6 Å². The maximum atomic E-state index is 13.1. The fraction of sp³-hybridized carbons (Fsp3) is 0.320. The van der Waals surface area contributed by atoms with Crippen LogP contribution in [0.5, 0.6) is 5.75 Å². The van der Waals surface area contributed by atoms with Crippen LogP contribution < -0.4 is 10.1 Å². The maximum Gasteiger partial charge on any atom is 0.243 e. The van der Waals surface area contributed by atoms with Crippen LogP contribution in [0.1, 0.15) is 24.0 Å². The van der Waals surface area contributed by atoms with E-state index in [1.54, 1.807) is 31.4 Å². The Morgan fingerprint density at radius 2 is 1.76 bits per heavy atom. The molecule has 3 aromatic carbocycles. The van der Waals surface area contributed by atoms with Crippen LogP contribution in [0.3, 0.4) is 0 Å². The van der Waals surface area contributed by atoms with Crippen molar-refractivity contribution in [3.8, 4) is 5.75 Å². The van der Waals surface area contributed by atoms with E-state index < -0.39 is 10.0 Å². The Morgan fingerprint density at radius 1 is 1.06 bits per heavy atom. The van der Waals surface area contributed by atoms with Crippen molar-refractivity contribution in [1.29, 1.82) is 0 Å². The largest absolute Gasteiger partial charge is 0.497 e. The van der Waals surface area contributed by atoms with Crippen molar-refractivity contribution in [1.82, 2.24) is 9.62 Å². The number of rotatable bonds is 7. The molecule has 1 amide bonds. The molecule has 3 aromatic rings. The van der Waals surface area contributed by atoms with Crippen LogP contribution in [0, 0.1) is 0 Å². The van der Waals surface area contributed by atoms with Gasteiger partial charge >= 0.3 is 0 Å². The third-order valence-corrected chi connectivity index (χ3v) is 7.98. The molecular formula is C25H28N2O5S. The second-order valence-corrected chi connectivity index (χ2v) is 9.94. The maximum absolute atomic E-state index is 13.1. The van der Waals surface area contributed by atoms with Gasteiger partial charge in [-0.25, -0.2) is 8.42 Å². The van der Waals surface area contributed by atoms with Gasteiger partial charge in [0.05, 0.1) is 31.1 Å². The number of carbonyl (C=O) groups is 1. The Hall–Kier alpha value is -2.94. The number of hydrogen-bond donors (Lipinski definition) is 1. The van der Waals surface area contributed by atoms with E-state index in [-0.39, 0.29) is 23.3 Å². The van der Waals surface area contributed by atoms with E-state index >= 15 is 0 Å². The summed E-state index contributed by atoms with van der Waals surface area (Å²) >= 11 is 0. The van der Waals surface area contributed by atoms with Gasteiger partial charge in [0.15, 0.2) is 0 Å². The number of benzene rings is 3. The van der Waals surface area contributed by atoms with Crippen LogP contribution in [0.4, 0.5) is 0 Å². The number of morpholine rings is 1. The van der Waals surface area contributed by atoms with E-state index in [4.69, 9.17) is 9.47 Å². The molecule has 0 radical (unpaired) electrons. The number of ether oxygens (including phenoxy) is 2. The van der Waals surface area contributed by atoms with Crippen molar-refractivity contribution >= 4 is 26.7 Å². The molecule has 1 aliphatic rings. The lowest BCUT2D eigenvalue weighted by atomic mass is 9.97. The van der Waals surface area contributed by atoms with Gasteiger partial charge in [-0.15, -0.1) is 0 Å². The van der Waals surface area contributed by atoms with Crippen molar-refractivity contribution < 1.29 is 22.7 Å². The van der Waals surface area contributed by atoms with E-state index in [0.29, 0.717) is 31.9 Å². The van der Waals surface area contributed by atoms with E-state index in [0.717, 1.165) is 22.1 Å². The van der Waals surface area contributed by atoms with Gasteiger partial charge in [-0.2, -0.15) is 4.31 Å². The number of hydrogen-bond acceptors (Lipinski definition) is 5. The van der Waals surface area contributed by atoms with Crippen LogP contribution >= 0.6 is 0 Å². The average Bonchev–Trinajstić information content (AvgIpc) is 2.86. The van der Waals surface area contributed by atoms with Gasteiger partial charge in [0.25, 0.3) is 0 Å². The van der Waals surface area contributed by atoms with Crippen molar-refractivity contribution in [2.75, 3.05) is 33.4 Å². The molecule has 0 unspecified atom stereocenters. The first-order chi connectivity index (χ1) is 15.9. The summed E-state index contributed by atoms with van der Waals surface area (Å²) in [6.07, 6.45) is 0. The van der Waals surface area contributed by atoms with E-state index in [1.165, 1.54) is 4.31 Å². The van der Waals surface area contributed by atoms with Gasteiger partial charge in [0.1, 0.15) is 5.75 Å². The molecule has 4 rings (SSSR count). The molecule has 174 valence electrons. The van der Waals surface area contributed by atoms with Gasteiger partial charge in [-0.3, -0.25) is 4.79 Å². The zero-order chi connectivity index (χ0) is 23.4. The van der Waals surface area contributed by atoms with Crippen molar-refractivity contribution in [3.63, 3.8) is 0 Å². The second-order valence-electron chi connectivity index (χ2n) is 8.04. The molecule has 33 heavy (non-hydrogen) atoms. The van der Waals surface area contributed by atoms with Gasteiger partial charge in [-0.05, 0) is 47.0 Å². The standard InChI is InChI=1S/C25H28N2O5S/c1-18(19-7-8-21-16-23(31-2)10-9-20(21)15-19)25(28)26-17-22-5-3-4-6-24(22)33(29,30)27-11-13-32-14-12-27/h3-10,15-16,18H,11-14,17H2,1-2H3,(H,26,28)/t18-/m0/s1. The lowest BCUT2D eigenvalue weighted by molar-refractivity contribution is -0.122. The van der Waals surface area contributed by atoms with Crippen LogP contribution in [0.2, 0.25) is 0 Å². The van der Waals surface area contributed by atoms with Crippen LogP contribution in [-0.4, -0.2) is 52.0 Å². The zero-order valence-corrected chi connectivity index (χ0v) is 19.6. The Morgan fingerprint density at radius 3 is 2.52 bits per heavy atom.